The molecule has 0 fully saturated rings. The summed E-state index contributed by atoms with van der Waals surface area (Å²) in [6.07, 6.45) is 2.12. The molecule has 0 heterocycles. The van der Waals surface area contributed by atoms with E-state index in [-0.39, 0.29) is 34.8 Å². The maximum absolute atomic E-state index is 5.46. The Balaban J connectivity index is 0.00000484. The van der Waals surface area contributed by atoms with Gasteiger partial charge in [-0.1, -0.05) is 17.7 Å². The molecule has 1 unspecified atom stereocenters. The number of hydrogen-bond donors (Lipinski definition) is 2. The van der Waals surface area contributed by atoms with E-state index in [9.17, 15) is 0 Å². The van der Waals surface area contributed by atoms with Gasteiger partial charge in [0.15, 0.2) is 5.96 Å². The molecule has 0 aliphatic heterocycles. The first-order chi connectivity index (χ1) is 10.3. The van der Waals surface area contributed by atoms with Crippen molar-refractivity contribution in [3.63, 3.8) is 0 Å². The van der Waals surface area contributed by atoms with Crippen molar-refractivity contribution in [1.82, 2.24) is 10.6 Å². The van der Waals surface area contributed by atoms with Crippen LogP contribution in [0.1, 0.15) is 37.9 Å². The van der Waals surface area contributed by atoms with Gasteiger partial charge < -0.3 is 15.4 Å². The van der Waals surface area contributed by atoms with Gasteiger partial charge in [-0.25, -0.2) is 0 Å². The SMILES string of the molecule is CN=C(NCC(C)(C)SC)NC(C)c1cc(C)ccc1OC.I. The molecule has 2 N–H and O–H groups in total. The van der Waals surface area contributed by atoms with Crippen molar-refractivity contribution in [3.05, 3.63) is 29.3 Å². The van der Waals surface area contributed by atoms with Crippen LogP contribution in [0.5, 0.6) is 5.75 Å². The summed E-state index contributed by atoms with van der Waals surface area (Å²) in [5, 5.41) is 6.82. The summed E-state index contributed by atoms with van der Waals surface area (Å²) >= 11 is 1.84. The predicted octanol–water partition coefficient (Wildman–Crippen LogP) is 3.99. The number of nitrogens with one attached hydrogen (secondary N) is 2. The molecule has 0 spiro atoms. The fourth-order valence-corrected chi connectivity index (χ4v) is 2.25. The van der Waals surface area contributed by atoms with Crippen molar-refractivity contribution >= 4 is 41.7 Å². The highest BCUT2D eigenvalue weighted by molar-refractivity contribution is 14.0. The van der Waals surface area contributed by atoms with Gasteiger partial charge in [-0.2, -0.15) is 11.8 Å². The van der Waals surface area contributed by atoms with E-state index < -0.39 is 0 Å². The second-order valence-corrected chi connectivity index (χ2v) is 7.51. The normalized spacial score (nSPS) is 13.1. The van der Waals surface area contributed by atoms with Gasteiger partial charge in [0.25, 0.3) is 0 Å². The number of benzene rings is 1. The fourth-order valence-electron chi connectivity index (χ4n) is 2.04. The lowest BCUT2D eigenvalue weighted by Gasteiger charge is -2.25. The van der Waals surface area contributed by atoms with Gasteiger partial charge in [-0.15, -0.1) is 24.0 Å². The second-order valence-electron chi connectivity index (χ2n) is 6.00. The van der Waals surface area contributed by atoms with Gasteiger partial charge in [0.2, 0.25) is 0 Å². The van der Waals surface area contributed by atoms with Crippen LogP contribution in [0.25, 0.3) is 0 Å². The van der Waals surface area contributed by atoms with Crippen LogP contribution in [0, 0.1) is 6.92 Å². The second kappa shape index (κ2) is 10.3. The predicted molar refractivity (Wildman–Crippen MR) is 114 cm³/mol. The third kappa shape index (κ3) is 7.20. The molecule has 0 amide bonds. The topological polar surface area (TPSA) is 45.7 Å². The monoisotopic (exact) mass is 451 g/mol. The van der Waals surface area contributed by atoms with Crippen molar-refractivity contribution in [2.75, 3.05) is 27.0 Å². The zero-order valence-electron chi connectivity index (χ0n) is 15.2. The van der Waals surface area contributed by atoms with Crippen molar-refractivity contribution < 1.29 is 4.74 Å². The standard InChI is InChI=1S/C17H29N3OS.HI/c1-12-8-9-15(21-6)14(10-12)13(2)20-16(18-5)19-11-17(3,4)22-7;/h8-10,13H,11H2,1-7H3,(H2,18,19,20);1H. The molecule has 1 aromatic rings. The number of ether oxygens (including phenoxy) is 1. The number of aliphatic imine (C=N–C) groups is 1. The average molecular weight is 451 g/mol. The first-order valence-corrected chi connectivity index (χ1v) is 8.72. The van der Waals surface area contributed by atoms with E-state index in [1.165, 1.54) is 5.56 Å². The molecule has 0 aliphatic rings. The third-order valence-electron chi connectivity index (χ3n) is 3.66. The Morgan fingerprint density at radius 3 is 2.57 bits per heavy atom. The number of nitrogens with zero attached hydrogens (tertiary/aromatic N) is 1. The van der Waals surface area contributed by atoms with Gasteiger partial charge in [-0.05, 0) is 40.0 Å². The first kappa shape index (κ1) is 22.4. The van der Waals surface area contributed by atoms with E-state index in [0.29, 0.717) is 0 Å². The lowest BCUT2D eigenvalue weighted by atomic mass is 10.0. The molecular weight excluding hydrogens is 421 g/mol. The maximum Gasteiger partial charge on any atom is 0.191 e. The number of aryl methyl sites for hydroxylation is 1. The molecule has 0 saturated heterocycles. The smallest absolute Gasteiger partial charge is 0.191 e. The molecule has 6 heteroatoms. The lowest BCUT2D eigenvalue weighted by molar-refractivity contribution is 0.405. The molecule has 0 saturated carbocycles. The van der Waals surface area contributed by atoms with E-state index in [1.54, 1.807) is 14.2 Å². The summed E-state index contributed by atoms with van der Waals surface area (Å²) in [5.74, 6) is 1.70. The van der Waals surface area contributed by atoms with Gasteiger partial charge in [0.05, 0.1) is 13.2 Å². The van der Waals surface area contributed by atoms with E-state index >= 15 is 0 Å². The van der Waals surface area contributed by atoms with E-state index in [4.69, 9.17) is 4.74 Å². The number of guanidine groups is 1. The maximum atomic E-state index is 5.46. The minimum absolute atomic E-state index is 0. The summed E-state index contributed by atoms with van der Waals surface area (Å²) in [5.41, 5.74) is 2.35. The minimum Gasteiger partial charge on any atom is -0.496 e. The van der Waals surface area contributed by atoms with Crippen LogP contribution < -0.4 is 15.4 Å². The molecule has 0 aromatic heterocycles. The summed E-state index contributed by atoms with van der Waals surface area (Å²) < 4.78 is 5.63. The molecule has 1 aromatic carbocycles. The van der Waals surface area contributed by atoms with Crippen molar-refractivity contribution in [3.8, 4) is 5.75 Å². The van der Waals surface area contributed by atoms with Gasteiger partial charge >= 0.3 is 0 Å². The van der Waals surface area contributed by atoms with Crippen LogP contribution in [-0.4, -0.2) is 37.7 Å². The Morgan fingerprint density at radius 2 is 2.04 bits per heavy atom. The summed E-state index contributed by atoms with van der Waals surface area (Å²) in [4.78, 5) is 4.31. The molecule has 1 atom stereocenters. The van der Waals surface area contributed by atoms with E-state index in [0.717, 1.165) is 23.8 Å². The molecule has 0 radical (unpaired) electrons. The summed E-state index contributed by atoms with van der Waals surface area (Å²) in [6.45, 7) is 9.48. The number of rotatable bonds is 6. The lowest BCUT2D eigenvalue weighted by Crippen LogP contribution is -2.44. The van der Waals surface area contributed by atoms with E-state index in [1.807, 2.05) is 17.8 Å². The van der Waals surface area contributed by atoms with Crippen LogP contribution in [0.2, 0.25) is 0 Å². The Kier molecular flexibility index (Phi) is 10.00. The highest BCUT2D eigenvalue weighted by atomic mass is 127. The Labute approximate surface area is 162 Å². The van der Waals surface area contributed by atoms with Gasteiger partial charge in [0, 0.05) is 23.9 Å². The zero-order valence-corrected chi connectivity index (χ0v) is 18.3. The molecule has 0 aliphatic carbocycles. The van der Waals surface area contributed by atoms with Crippen LogP contribution in [0.4, 0.5) is 0 Å². The summed E-state index contributed by atoms with van der Waals surface area (Å²) in [7, 11) is 3.50. The molecule has 1 rings (SSSR count). The number of thioether (sulfide) groups is 1. The van der Waals surface area contributed by atoms with Crippen molar-refractivity contribution in [2.24, 2.45) is 4.99 Å². The number of methoxy groups -OCH3 is 1. The molecule has 0 bridgehead atoms. The van der Waals surface area contributed by atoms with Crippen LogP contribution >= 0.6 is 35.7 Å². The average Bonchev–Trinajstić information content (AvgIpc) is 2.51. The van der Waals surface area contributed by atoms with Gasteiger partial charge in [0.1, 0.15) is 5.75 Å². The van der Waals surface area contributed by atoms with Gasteiger partial charge in [-0.3, -0.25) is 4.99 Å². The Hall–Kier alpha value is -0.630. The molecular formula is C17H30IN3OS. The third-order valence-corrected chi connectivity index (χ3v) is 4.91. The molecule has 132 valence electrons. The van der Waals surface area contributed by atoms with E-state index in [2.05, 4.69) is 61.7 Å². The molecule has 23 heavy (non-hydrogen) atoms. The largest absolute Gasteiger partial charge is 0.496 e. The van der Waals surface area contributed by atoms with Crippen LogP contribution in [0.3, 0.4) is 0 Å². The summed E-state index contributed by atoms with van der Waals surface area (Å²) in [6, 6.07) is 6.33. The minimum atomic E-state index is 0. The van der Waals surface area contributed by atoms with Crippen molar-refractivity contribution in [2.45, 2.75) is 38.5 Å². The molecule has 4 nitrogen and oxygen atoms in total. The first-order valence-electron chi connectivity index (χ1n) is 7.50. The highest BCUT2D eigenvalue weighted by Gasteiger charge is 2.18. The Bertz CT molecular complexity index is 521. The quantitative estimate of drug-likeness (QED) is 0.390. The number of hydrogen-bond acceptors (Lipinski definition) is 3. The highest BCUT2D eigenvalue weighted by Crippen LogP contribution is 2.26. The Morgan fingerprint density at radius 1 is 1.39 bits per heavy atom. The van der Waals surface area contributed by atoms with Crippen LogP contribution in [-0.2, 0) is 0 Å². The van der Waals surface area contributed by atoms with Crippen LogP contribution in [0.15, 0.2) is 23.2 Å². The fraction of sp³-hybridized carbons (Fsp3) is 0.588. The van der Waals surface area contributed by atoms with Crippen molar-refractivity contribution in [1.29, 1.82) is 0 Å². The zero-order chi connectivity index (χ0) is 16.8. The number of halogens is 1.